The Morgan fingerprint density at radius 2 is 1.59 bits per heavy atom. The fourth-order valence-corrected chi connectivity index (χ4v) is 4.22. The lowest BCUT2D eigenvalue weighted by atomic mass is 9.81. The number of benzene rings is 3. The van der Waals surface area contributed by atoms with Crippen molar-refractivity contribution >= 4 is 23.3 Å². The van der Waals surface area contributed by atoms with Crippen LogP contribution in [0.25, 0.3) is 11.1 Å². The average Bonchev–Trinajstić information content (AvgIpc) is 3.10. The van der Waals surface area contributed by atoms with Crippen LogP contribution in [0.1, 0.15) is 29.5 Å². The van der Waals surface area contributed by atoms with Gasteiger partial charge in [0.05, 0.1) is 10.5 Å². The summed E-state index contributed by atoms with van der Waals surface area (Å²) in [6.45, 7) is 0.988. The van der Waals surface area contributed by atoms with Crippen molar-refractivity contribution in [2.75, 3.05) is 12.3 Å². The first-order valence-electron chi connectivity index (χ1n) is 9.89. The van der Waals surface area contributed by atoms with Gasteiger partial charge in [-0.3, -0.25) is 19.7 Å². The van der Waals surface area contributed by atoms with Crippen molar-refractivity contribution in [3.63, 3.8) is 0 Å². The molecule has 0 saturated heterocycles. The van der Waals surface area contributed by atoms with Crippen LogP contribution in [0.5, 0.6) is 0 Å². The Balaban J connectivity index is 1.69. The van der Waals surface area contributed by atoms with E-state index in [2.05, 4.69) is 0 Å². The molecule has 8 heteroatoms. The number of nitro groups is 1. The van der Waals surface area contributed by atoms with E-state index in [1.54, 1.807) is 0 Å². The van der Waals surface area contributed by atoms with Crippen molar-refractivity contribution in [3.05, 3.63) is 93.5 Å². The van der Waals surface area contributed by atoms with Crippen LogP contribution in [-0.2, 0) is 19.7 Å². The third-order valence-electron chi connectivity index (χ3n) is 5.97. The van der Waals surface area contributed by atoms with Crippen LogP contribution in [0, 0.1) is 10.1 Å². The fraction of sp³-hybridized carbons (Fsp3) is 0.167. The minimum Gasteiger partial charge on any atom is -0.480 e. The molecule has 3 N–H and O–H groups in total. The summed E-state index contributed by atoms with van der Waals surface area (Å²) in [6.07, 6.45) is 0. The molecule has 1 aliphatic rings. The smallest absolute Gasteiger partial charge is 0.328 e. The van der Waals surface area contributed by atoms with E-state index in [0.29, 0.717) is 0 Å². The van der Waals surface area contributed by atoms with Crippen LogP contribution < -0.4 is 5.73 Å². The van der Waals surface area contributed by atoms with Gasteiger partial charge in [-0.1, -0.05) is 60.7 Å². The highest BCUT2D eigenvalue weighted by molar-refractivity contribution is 6.06. The molecule has 0 spiro atoms. The number of hydrogen-bond acceptors (Lipinski definition) is 6. The molecule has 0 fully saturated rings. The summed E-state index contributed by atoms with van der Waals surface area (Å²) in [7, 11) is 0. The number of esters is 1. The van der Waals surface area contributed by atoms with E-state index in [1.807, 2.05) is 48.5 Å². The average molecular weight is 432 g/mol. The van der Waals surface area contributed by atoms with Crippen molar-refractivity contribution in [2.24, 2.45) is 0 Å². The van der Waals surface area contributed by atoms with Gasteiger partial charge in [0.2, 0.25) is 0 Å². The molecule has 0 heterocycles. The maximum atomic E-state index is 13.1. The lowest BCUT2D eigenvalue weighted by Gasteiger charge is -2.24. The van der Waals surface area contributed by atoms with E-state index in [-0.39, 0.29) is 23.8 Å². The van der Waals surface area contributed by atoms with Crippen molar-refractivity contribution in [3.8, 4) is 11.1 Å². The zero-order valence-electron chi connectivity index (χ0n) is 17.1. The van der Waals surface area contributed by atoms with Gasteiger partial charge in [-0.15, -0.1) is 0 Å². The number of nitrogen functional groups attached to an aromatic ring is 1. The number of nitro benzene ring substituents is 1. The normalized spacial score (nSPS) is 14.2. The fourth-order valence-electron chi connectivity index (χ4n) is 4.22. The monoisotopic (exact) mass is 432 g/mol. The zero-order chi connectivity index (χ0) is 23.0. The standard InChI is InChI=1S/C24H20N2O6/c1-24(22(27)28,19-11-6-12-20(25)21(19)26(30)31)23(29)32-13-18-16-9-4-2-7-14(16)15-8-3-5-10-17(15)18/h2-12,18H,13,25H2,1H3,(H,27,28). The molecule has 0 aromatic heterocycles. The number of carboxylic acids is 1. The summed E-state index contributed by atoms with van der Waals surface area (Å²) in [4.78, 5) is 36.1. The molecule has 4 rings (SSSR count). The van der Waals surface area contributed by atoms with E-state index >= 15 is 0 Å². The van der Waals surface area contributed by atoms with E-state index in [1.165, 1.54) is 18.2 Å². The SMILES string of the molecule is CC(C(=O)O)(C(=O)OCC1c2ccccc2-c2ccccc21)c1cccc(N)c1[N+](=O)[O-]. The highest BCUT2D eigenvalue weighted by Crippen LogP contribution is 2.45. The number of nitrogens with two attached hydrogens (primary N) is 1. The molecule has 1 unspecified atom stereocenters. The largest absolute Gasteiger partial charge is 0.480 e. The Labute approximate surface area is 183 Å². The lowest BCUT2D eigenvalue weighted by molar-refractivity contribution is -0.385. The molecule has 0 radical (unpaired) electrons. The number of carbonyl (C=O) groups is 2. The number of fused-ring (bicyclic) bond motifs is 3. The Bertz CT molecular complexity index is 1210. The van der Waals surface area contributed by atoms with E-state index < -0.39 is 28.0 Å². The zero-order valence-corrected chi connectivity index (χ0v) is 17.1. The highest BCUT2D eigenvalue weighted by Gasteiger charge is 2.49. The maximum Gasteiger partial charge on any atom is 0.328 e. The first kappa shape index (κ1) is 21.0. The van der Waals surface area contributed by atoms with Crippen molar-refractivity contribution in [1.29, 1.82) is 0 Å². The van der Waals surface area contributed by atoms with Crippen LogP contribution in [0.3, 0.4) is 0 Å². The minimum absolute atomic E-state index is 0.105. The third-order valence-corrected chi connectivity index (χ3v) is 5.97. The molecule has 0 saturated carbocycles. The molecule has 0 amide bonds. The van der Waals surface area contributed by atoms with Crippen molar-refractivity contribution < 1.29 is 24.4 Å². The third kappa shape index (κ3) is 3.17. The van der Waals surface area contributed by atoms with Crippen LogP contribution >= 0.6 is 0 Å². The molecule has 0 bridgehead atoms. The topological polar surface area (TPSA) is 133 Å². The maximum absolute atomic E-state index is 13.1. The number of rotatable bonds is 6. The molecular weight excluding hydrogens is 412 g/mol. The molecule has 1 atom stereocenters. The highest BCUT2D eigenvalue weighted by atomic mass is 16.6. The summed E-state index contributed by atoms with van der Waals surface area (Å²) >= 11 is 0. The van der Waals surface area contributed by atoms with Gasteiger partial charge in [0.1, 0.15) is 12.3 Å². The van der Waals surface area contributed by atoms with Crippen molar-refractivity contribution in [1.82, 2.24) is 0 Å². The second-order valence-electron chi connectivity index (χ2n) is 7.76. The van der Waals surface area contributed by atoms with E-state index in [9.17, 15) is 24.8 Å². The molecule has 8 nitrogen and oxygen atoms in total. The van der Waals surface area contributed by atoms with Crippen LogP contribution in [-0.4, -0.2) is 28.6 Å². The summed E-state index contributed by atoms with van der Waals surface area (Å²) in [6, 6.07) is 19.3. The minimum atomic E-state index is -2.31. The van der Waals surface area contributed by atoms with Gasteiger partial charge in [0.25, 0.3) is 5.69 Å². The molecular formula is C24H20N2O6. The number of ether oxygens (including phenoxy) is 1. The number of para-hydroxylation sites is 1. The van der Waals surface area contributed by atoms with Gasteiger partial charge >= 0.3 is 11.9 Å². The molecule has 162 valence electrons. The first-order chi connectivity index (χ1) is 15.3. The van der Waals surface area contributed by atoms with Gasteiger partial charge < -0.3 is 15.6 Å². The molecule has 0 aliphatic heterocycles. The second-order valence-corrected chi connectivity index (χ2v) is 7.76. The Morgan fingerprint density at radius 1 is 1.03 bits per heavy atom. The number of anilines is 1. The number of carbonyl (C=O) groups excluding carboxylic acids is 1. The van der Waals surface area contributed by atoms with Gasteiger partial charge in [-0.2, -0.15) is 0 Å². The first-order valence-corrected chi connectivity index (χ1v) is 9.89. The Hall–Kier alpha value is -4.20. The number of aliphatic carboxylic acids is 1. The Morgan fingerprint density at radius 3 is 2.12 bits per heavy atom. The van der Waals surface area contributed by atoms with Crippen LogP contribution in [0.15, 0.2) is 66.7 Å². The van der Waals surface area contributed by atoms with Gasteiger partial charge in [0.15, 0.2) is 5.41 Å². The number of hydrogen-bond donors (Lipinski definition) is 2. The molecule has 1 aliphatic carbocycles. The number of nitrogens with zero attached hydrogens (tertiary/aromatic N) is 1. The molecule has 3 aromatic rings. The quantitative estimate of drug-likeness (QED) is 0.199. The second kappa shape index (κ2) is 7.81. The molecule has 3 aromatic carbocycles. The summed E-state index contributed by atoms with van der Waals surface area (Å²) in [5, 5.41) is 21.5. The summed E-state index contributed by atoms with van der Waals surface area (Å²) in [5.74, 6) is -2.94. The predicted molar refractivity (Wildman–Crippen MR) is 117 cm³/mol. The summed E-state index contributed by atoms with van der Waals surface area (Å²) in [5.41, 5.74) is 6.21. The van der Waals surface area contributed by atoms with Crippen LogP contribution in [0.2, 0.25) is 0 Å². The van der Waals surface area contributed by atoms with Crippen molar-refractivity contribution in [2.45, 2.75) is 18.3 Å². The van der Waals surface area contributed by atoms with Gasteiger partial charge in [-0.25, -0.2) is 0 Å². The van der Waals surface area contributed by atoms with E-state index in [4.69, 9.17) is 10.5 Å². The van der Waals surface area contributed by atoms with Gasteiger partial charge in [-0.05, 0) is 35.2 Å². The van der Waals surface area contributed by atoms with Crippen LogP contribution in [0.4, 0.5) is 11.4 Å². The lowest BCUT2D eigenvalue weighted by Crippen LogP contribution is -2.43. The predicted octanol–water partition coefficient (Wildman–Crippen LogP) is 3.88. The number of carboxylic acid groups (broad SMARTS) is 1. The summed E-state index contributed by atoms with van der Waals surface area (Å²) < 4.78 is 5.51. The molecule has 32 heavy (non-hydrogen) atoms. The van der Waals surface area contributed by atoms with Gasteiger partial charge in [0, 0.05) is 5.92 Å². The van der Waals surface area contributed by atoms with E-state index in [0.717, 1.165) is 29.2 Å². The Kier molecular flexibility index (Phi) is 5.14.